The van der Waals surface area contributed by atoms with E-state index in [1.807, 2.05) is 12.2 Å². The van der Waals surface area contributed by atoms with Crippen LogP contribution in [0, 0.1) is 0 Å². The van der Waals surface area contributed by atoms with Crippen molar-refractivity contribution in [3.63, 3.8) is 0 Å². The molecule has 4 saturated heterocycles. The third-order valence-electron chi connectivity index (χ3n) is 12.3. The van der Waals surface area contributed by atoms with Gasteiger partial charge in [0.25, 0.3) is 0 Å². The minimum Gasteiger partial charge on any atom is -0.744 e. The Kier molecular flexibility index (Phi) is 10.9. The van der Waals surface area contributed by atoms with E-state index < -0.39 is 32.3 Å². The van der Waals surface area contributed by atoms with Crippen molar-refractivity contribution < 1.29 is 42.7 Å². The van der Waals surface area contributed by atoms with Crippen molar-refractivity contribution in [2.75, 3.05) is 0 Å². The molecular weight excluding hydrogens is 788 g/mol. The molecular formula is C38H46CoN8O6S2. The number of nitrogens with one attached hydrogen (secondary N) is 4. The first-order valence-electron chi connectivity index (χ1n) is 19.5. The molecule has 17 heteroatoms. The Labute approximate surface area is 332 Å². The van der Waals surface area contributed by atoms with Crippen LogP contribution in [-0.4, -0.2) is 85.0 Å². The molecule has 4 N–H and O–H groups in total. The first-order chi connectivity index (χ1) is 25.9. The summed E-state index contributed by atoms with van der Waals surface area (Å²) >= 11 is 0. The molecule has 6 atom stereocenters. The van der Waals surface area contributed by atoms with E-state index in [9.17, 15) is 25.9 Å². The molecule has 10 aliphatic heterocycles. The van der Waals surface area contributed by atoms with Crippen LogP contribution in [0.2, 0.25) is 0 Å². The van der Waals surface area contributed by atoms with Crippen LogP contribution in [0.4, 0.5) is 0 Å². The first-order valence-corrected chi connectivity index (χ1v) is 22.3. The van der Waals surface area contributed by atoms with Gasteiger partial charge in [0.2, 0.25) is 0 Å². The zero-order valence-corrected chi connectivity index (χ0v) is 33.1. The summed E-state index contributed by atoms with van der Waals surface area (Å²) in [5.41, 5.74) is 9.07. The third kappa shape index (κ3) is 8.35. The molecule has 6 unspecified atom stereocenters. The van der Waals surface area contributed by atoms with E-state index in [1.54, 1.807) is 0 Å². The number of rotatable bonds is 2. The van der Waals surface area contributed by atoms with E-state index in [-0.39, 0.29) is 50.8 Å². The second-order valence-electron chi connectivity index (χ2n) is 15.9. The predicted molar refractivity (Wildman–Crippen MR) is 205 cm³/mol. The van der Waals surface area contributed by atoms with Crippen LogP contribution in [-0.2, 0) is 37.0 Å². The van der Waals surface area contributed by atoms with Gasteiger partial charge in [-0.3, -0.25) is 20.0 Å². The topological polar surface area (TPSA) is 212 Å². The van der Waals surface area contributed by atoms with Crippen LogP contribution in [0.1, 0.15) is 103 Å². The molecule has 0 aromatic heterocycles. The van der Waals surface area contributed by atoms with Gasteiger partial charge in [-0.1, -0.05) is 0 Å². The van der Waals surface area contributed by atoms with Gasteiger partial charge in [-0.2, -0.15) is 0 Å². The number of fused-ring (bicyclic) bond motifs is 14. The molecule has 14 nitrogen and oxygen atoms in total. The maximum atomic E-state index is 12.1. The normalized spacial score (nSPS) is 32.4. The van der Waals surface area contributed by atoms with Crippen LogP contribution >= 0.6 is 0 Å². The number of nitrogens with zero attached hydrogens (tertiary/aromatic N) is 4. The predicted octanol–water partition coefficient (Wildman–Crippen LogP) is 3.73. The molecule has 0 aromatic rings. The van der Waals surface area contributed by atoms with Crippen molar-refractivity contribution in [1.29, 1.82) is 0 Å². The Morgan fingerprint density at radius 1 is 0.473 bits per heavy atom. The molecule has 295 valence electrons. The van der Waals surface area contributed by atoms with Crippen LogP contribution in [0.25, 0.3) is 0 Å². The summed E-state index contributed by atoms with van der Waals surface area (Å²) in [6.07, 6.45) is 21.1. The Morgan fingerprint density at radius 2 is 0.873 bits per heavy atom. The molecule has 0 saturated carbocycles. The SMILES string of the molecule is O=S(=O)([O-])C1=C2CCC(=N2)C=C2CCC(=N2)C=C2CCC(N2)C2CCC1N2.O=S(=O)([O-])C1=C2CCC(=N2)C=C2CCC(=N2)C=C2CCC(N2)C2CCC1N2.[Co+2]. The summed E-state index contributed by atoms with van der Waals surface area (Å²) in [6, 6.07) is -0.0319. The van der Waals surface area contributed by atoms with Gasteiger partial charge in [-0.05, 0) is 127 Å². The van der Waals surface area contributed by atoms with Gasteiger partial charge in [0.15, 0.2) is 0 Å². The molecule has 1 radical (unpaired) electrons. The molecule has 10 rings (SSSR count). The van der Waals surface area contributed by atoms with Crippen LogP contribution in [0.15, 0.2) is 88.3 Å². The molecule has 4 fully saturated rings. The largest absolute Gasteiger partial charge is 2.00 e. The first kappa shape index (κ1) is 38.8. The van der Waals surface area contributed by atoms with Crippen LogP contribution in [0.3, 0.4) is 0 Å². The van der Waals surface area contributed by atoms with E-state index >= 15 is 0 Å². The quantitative estimate of drug-likeness (QED) is 0.296. The summed E-state index contributed by atoms with van der Waals surface area (Å²) in [5.74, 6) is 0. The van der Waals surface area contributed by atoms with Gasteiger partial charge in [0.1, 0.15) is 20.2 Å². The Balaban J connectivity index is 0.000000153. The molecule has 10 heterocycles. The monoisotopic (exact) mass is 833 g/mol. The molecule has 0 spiro atoms. The maximum Gasteiger partial charge on any atom is 2.00 e. The molecule has 0 amide bonds. The minimum absolute atomic E-state index is 0. The molecule has 16 bridgehead atoms. The van der Waals surface area contributed by atoms with Crippen LogP contribution in [0.5, 0.6) is 0 Å². The van der Waals surface area contributed by atoms with Gasteiger partial charge in [-0.15, -0.1) is 0 Å². The standard InChI is InChI=1S/2C19H24N4O3S.Co/c2*24-27(25,26)19-17-6-4-14(22-17)10-12-2-1-11(20-12)9-13-3-5-15(21-13)16-7-8-18(19)23-16;/h2*9-10,15-16,18,21,23H,1-8H2,(H,24,25,26);/q;;+2/p-2. The van der Waals surface area contributed by atoms with Gasteiger partial charge < -0.3 is 30.4 Å². The second-order valence-corrected chi connectivity index (χ2v) is 18.6. The summed E-state index contributed by atoms with van der Waals surface area (Å²) in [5, 5.41) is 14.0. The molecule has 0 aromatic carbocycles. The van der Waals surface area contributed by atoms with E-state index in [1.165, 1.54) is 11.4 Å². The molecule has 0 aliphatic carbocycles. The van der Waals surface area contributed by atoms with E-state index in [4.69, 9.17) is 9.98 Å². The van der Waals surface area contributed by atoms with Crippen molar-refractivity contribution in [3.8, 4) is 0 Å². The molecule has 10 aliphatic rings. The van der Waals surface area contributed by atoms with E-state index in [0.717, 1.165) is 98.4 Å². The fourth-order valence-corrected chi connectivity index (χ4v) is 11.7. The Morgan fingerprint density at radius 3 is 1.29 bits per heavy atom. The smallest absolute Gasteiger partial charge is 0.744 e. The van der Waals surface area contributed by atoms with Crippen LogP contribution < -0.4 is 21.3 Å². The zero-order chi connectivity index (χ0) is 37.2. The number of hydrogen-bond acceptors (Lipinski definition) is 14. The van der Waals surface area contributed by atoms with E-state index in [2.05, 4.69) is 43.4 Å². The number of allylic oxidation sites excluding steroid dienone is 10. The average Bonchev–Trinajstić information content (AvgIpc) is 3.94. The second kappa shape index (κ2) is 15.4. The number of hydrogen-bond donors (Lipinski definition) is 4. The van der Waals surface area contributed by atoms with Crippen molar-refractivity contribution in [3.05, 3.63) is 68.3 Å². The van der Waals surface area contributed by atoms with E-state index in [0.29, 0.717) is 49.9 Å². The fraction of sp³-hybridized carbons (Fsp3) is 0.579. The third-order valence-corrected chi connectivity index (χ3v) is 14.4. The summed E-state index contributed by atoms with van der Waals surface area (Å²) in [4.78, 5) is 18.4. The zero-order valence-electron chi connectivity index (χ0n) is 30.5. The summed E-state index contributed by atoms with van der Waals surface area (Å²) in [7, 11) is -9.10. The summed E-state index contributed by atoms with van der Waals surface area (Å²) < 4.78 is 72.4. The molecule has 55 heavy (non-hydrogen) atoms. The van der Waals surface area contributed by atoms with Gasteiger partial charge >= 0.3 is 16.8 Å². The Hall–Kier alpha value is -3.03. The van der Waals surface area contributed by atoms with Gasteiger partial charge in [0.05, 0.1) is 21.2 Å². The minimum atomic E-state index is -4.55. The van der Waals surface area contributed by atoms with Crippen molar-refractivity contribution in [1.82, 2.24) is 21.3 Å². The average molecular weight is 834 g/mol. The van der Waals surface area contributed by atoms with Crippen molar-refractivity contribution >= 4 is 43.1 Å². The van der Waals surface area contributed by atoms with Gasteiger partial charge in [0, 0.05) is 81.9 Å². The summed E-state index contributed by atoms with van der Waals surface area (Å²) in [6.45, 7) is 0. The maximum absolute atomic E-state index is 12.1. The van der Waals surface area contributed by atoms with Gasteiger partial charge in [-0.25, -0.2) is 16.8 Å². The number of aliphatic imine (C=N–C) groups is 4. The van der Waals surface area contributed by atoms with Crippen molar-refractivity contribution in [2.24, 2.45) is 20.0 Å². The Bertz CT molecular complexity index is 2050. The fourth-order valence-electron chi connectivity index (χ4n) is 9.79. The van der Waals surface area contributed by atoms with Crippen molar-refractivity contribution in [2.45, 2.75) is 139 Å².